The Morgan fingerprint density at radius 2 is 1.88 bits per heavy atom. The summed E-state index contributed by atoms with van der Waals surface area (Å²) in [4.78, 5) is 2.39. The Bertz CT molecular complexity index is 340. The van der Waals surface area contributed by atoms with Gasteiger partial charge in [-0.15, -0.1) is 0 Å². The largest absolute Gasteiger partial charge is 0.399 e. The lowest BCUT2D eigenvalue weighted by atomic mass is 9.86. The maximum Gasteiger partial charge on any atom is 0.0386 e. The quantitative estimate of drug-likeness (QED) is 0.772. The summed E-state index contributed by atoms with van der Waals surface area (Å²) in [5, 5.41) is 0. The van der Waals surface area contributed by atoms with Crippen molar-refractivity contribution in [2.45, 2.75) is 38.6 Å². The van der Waals surface area contributed by atoms with Crippen molar-refractivity contribution in [1.82, 2.24) is 0 Å². The zero-order valence-electron chi connectivity index (χ0n) is 10.3. The molecule has 2 heteroatoms. The monoisotopic (exact) mass is 218 g/mol. The number of hydrogen-bond donors (Lipinski definition) is 1. The molecule has 0 heterocycles. The van der Waals surface area contributed by atoms with E-state index in [-0.39, 0.29) is 0 Å². The third-order valence-electron chi connectivity index (χ3n) is 3.81. The molecule has 16 heavy (non-hydrogen) atoms. The Morgan fingerprint density at radius 3 is 2.50 bits per heavy atom. The number of nitrogen functional groups attached to an aromatic ring is 1. The highest BCUT2D eigenvalue weighted by Gasteiger charge is 2.21. The Kier molecular flexibility index (Phi) is 3.37. The molecular formula is C14H22N2. The van der Waals surface area contributed by atoms with E-state index >= 15 is 0 Å². The molecule has 1 aromatic rings. The Labute approximate surface area is 98.4 Å². The lowest BCUT2D eigenvalue weighted by Crippen LogP contribution is -2.34. The molecule has 0 radical (unpaired) electrons. The van der Waals surface area contributed by atoms with E-state index in [9.17, 15) is 0 Å². The average molecular weight is 218 g/mol. The Hall–Kier alpha value is -1.18. The number of rotatable bonds is 2. The van der Waals surface area contributed by atoms with Gasteiger partial charge in [-0.05, 0) is 49.8 Å². The second-order valence-corrected chi connectivity index (χ2v) is 5.12. The zero-order chi connectivity index (χ0) is 11.5. The zero-order valence-corrected chi connectivity index (χ0v) is 10.3. The van der Waals surface area contributed by atoms with Crippen LogP contribution in [0.25, 0.3) is 0 Å². The number of nitrogens with zero attached hydrogens (tertiary/aromatic N) is 1. The van der Waals surface area contributed by atoms with Crippen LogP contribution in [0.1, 0.15) is 32.6 Å². The maximum absolute atomic E-state index is 5.82. The first-order chi connectivity index (χ1) is 7.66. The fourth-order valence-corrected chi connectivity index (χ4v) is 2.58. The third kappa shape index (κ3) is 2.49. The third-order valence-corrected chi connectivity index (χ3v) is 3.81. The molecule has 1 saturated carbocycles. The maximum atomic E-state index is 5.82. The first-order valence-electron chi connectivity index (χ1n) is 6.25. The minimum Gasteiger partial charge on any atom is -0.399 e. The molecule has 1 aromatic carbocycles. The summed E-state index contributed by atoms with van der Waals surface area (Å²) >= 11 is 0. The lowest BCUT2D eigenvalue weighted by Gasteiger charge is -2.35. The molecule has 1 fully saturated rings. The predicted octanol–water partition coefficient (Wildman–Crippen LogP) is 3.28. The van der Waals surface area contributed by atoms with Crippen LogP contribution in [0, 0.1) is 5.92 Å². The molecule has 0 unspecified atom stereocenters. The molecule has 0 spiro atoms. The van der Waals surface area contributed by atoms with Crippen LogP contribution in [0.15, 0.2) is 24.3 Å². The molecule has 0 aliphatic heterocycles. The Morgan fingerprint density at radius 1 is 1.19 bits per heavy atom. The van der Waals surface area contributed by atoms with E-state index in [0.29, 0.717) is 6.04 Å². The molecule has 0 bridgehead atoms. The second kappa shape index (κ2) is 4.77. The van der Waals surface area contributed by atoms with Gasteiger partial charge in [0.25, 0.3) is 0 Å². The molecule has 1 aliphatic rings. The van der Waals surface area contributed by atoms with E-state index < -0.39 is 0 Å². The highest BCUT2D eigenvalue weighted by Crippen LogP contribution is 2.29. The van der Waals surface area contributed by atoms with E-state index in [1.54, 1.807) is 0 Å². The number of anilines is 2. The summed E-state index contributed by atoms with van der Waals surface area (Å²) in [6.45, 7) is 2.36. The minimum atomic E-state index is 0.693. The van der Waals surface area contributed by atoms with E-state index in [4.69, 9.17) is 5.73 Å². The average Bonchev–Trinajstić information content (AvgIpc) is 2.29. The summed E-state index contributed by atoms with van der Waals surface area (Å²) in [6, 6.07) is 8.89. The van der Waals surface area contributed by atoms with Crippen LogP contribution in [0.2, 0.25) is 0 Å². The van der Waals surface area contributed by atoms with Crippen molar-refractivity contribution in [2.75, 3.05) is 17.7 Å². The fraction of sp³-hybridized carbons (Fsp3) is 0.571. The first-order valence-corrected chi connectivity index (χ1v) is 6.25. The molecule has 88 valence electrons. The van der Waals surface area contributed by atoms with Gasteiger partial charge >= 0.3 is 0 Å². The van der Waals surface area contributed by atoms with Crippen LogP contribution in [0.4, 0.5) is 11.4 Å². The van der Waals surface area contributed by atoms with Crippen molar-refractivity contribution < 1.29 is 0 Å². The van der Waals surface area contributed by atoms with Gasteiger partial charge in [-0.3, -0.25) is 0 Å². The molecule has 2 nitrogen and oxygen atoms in total. The van der Waals surface area contributed by atoms with Crippen molar-refractivity contribution >= 4 is 11.4 Å². The van der Waals surface area contributed by atoms with Crippen LogP contribution in [0.3, 0.4) is 0 Å². The van der Waals surface area contributed by atoms with Crippen molar-refractivity contribution in [3.05, 3.63) is 24.3 Å². The molecule has 0 atom stereocenters. The molecule has 1 aliphatic carbocycles. The standard InChI is InChI=1S/C14H22N2/c1-11-6-8-13(9-7-11)16(2)14-5-3-4-12(15)10-14/h3-5,10-11,13H,6-9,15H2,1-2H3. The molecular weight excluding hydrogens is 196 g/mol. The van der Waals surface area contributed by atoms with Gasteiger partial charge in [0.1, 0.15) is 0 Å². The van der Waals surface area contributed by atoms with E-state index in [1.165, 1.54) is 31.4 Å². The van der Waals surface area contributed by atoms with Crippen molar-refractivity contribution in [1.29, 1.82) is 0 Å². The topological polar surface area (TPSA) is 29.3 Å². The summed E-state index contributed by atoms with van der Waals surface area (Å²) in [5.74, 6) is 0.908. The summed E-state index contributed by atoms with van der Waals surface area (Å²) in [5.41, 5.74) is 7.93. The van der Waals surface area contributed by atoms with Gasteiger partial charge in [-0.1, -0.05) is 13.0 Å². The minimum absolute atomic E-state index is 0.693. The van der Waals surface area contributed by atoms with Gasteiger partial charge in [0.15, 0.2) is 0 Å². The number of benzene rings is 1. The molecule has 0 amide bonds. The van der Waals surface area contributed by atoms with Crippen molar-refractivity contribution in [3.63, 3.8) is 0 Å². The smallest absolute Gasteiger partial charge is 0.0386 e. The molecule has 2 N–H and O–H groups in total. The van der Waals surface area contributed by atoms with Gasteiger partial charge in [0.05, 0.1) is 0 Å². The van der Waals surface area contributed by atoms with Crippen LogP contribution in [-0.2, 0) is 0 Å². The van der Waals surface area contributed by atoms with E-state index in [0.717, 1.165) is 11.6 Å². The highest BCUT2D eigenvalue weighted by atomic mass is 15.1. The van der Waals surface area contributed by atoms with E-state index in [2.05, 4.69) is 31.0 Å². The van der Waals surface area contributed by atoms with Crippen LogP contribution in [-0.4, -0.2) is 13.1 Å². The van der Waals surface area contributed by atoms with Crippen LogP contribution < -0.4 is 10.6 Å². The fourth-order valence-electron chi connectivity index (χ4n) is 2.58. The lowest BCUT2D eigenvalue weighted by molar-refractivity contribution is 0.341. The van der Waals surface area contributed by atoms with Gasteiger partial charge in [-0.25, -0.2) is 0 Å². The summed E-state index contributed by atoms with van der Waals surface area (Å²) < 4.78 is 0. The van der Waals surface area contributed by atoms with Crippen molar-refractivity contribution in [3.8, 4) is 0 Å². The van der Waals surface area contributed by atoms with E-state index in [1.807, 2.05) is 12.1 Å². The van der Waals surface area contributed by atoms with Gasteiger partial charge < -0.3 is 10.6 Å². The normalized spacial score (nSPS) is 25.4. The second-order valence-electron chi connectivity index (χ2n) is 5.12. The van der Waals surface area contributed by atoms with Crippen molar-refractivity contribution in [2.24, 2.45) is 5.92 Å². The Balaban J connectivity index is 2.04. The van der Waals surface area contributed by atoms with Gasteiger partial charge in [0, 0.05) is 24.5 Å². The molecule has 0 saturated heterocycles. The highest BCUT2D eigenvalue weighted by molar-refractivity contribution is 5.56. The van der Waals surface area contributed by atoms with Gasteiger partial charge in [-0.2, -0.15) is 0 Å². The van der Waals surface area contributed by atoms with Crippen LogP contribution in [0.5, 0.6) is 0 Å². The SMILES string of the molecule is CC1CCC(N(C)c2cccc(N)c2)CC1. The van der Waals surface area contributed by atoms with Gasteiger partial charge in [0.2, 0.25) is 0 Å². The summed E-state index contributed by atoms with van der Waals surface area (Å²) in [6.07, 6.45) is 5.34. The summed E-state index contributed by atoms with van der Waals surface area (Å²) in [7, 11) is 2.19. The number of hydrogen-bond acceptors (Lipinski definition) is 2. The predicted molar refractivity (Wildman–Crippen MR) is 70.7 cm³/mol. The molecule has 0 aromatic heterocycles. The number of nitrogens with two attached hydrogens (primary N) is 1. The molecule has 2 rings (SSSR count). The first kappa shape index (κ1) is 11.3. The van der Waals surface area contributed by atoms with Crippen LogP contribution >= 0.6 is 0 Å².